The molecule has 6 heteroatoms. The largest absolute Gasteiger partial charge is 0.456 e. The maximum Gasteiger partial charge on any atom is 0.164 e. The number of hydrogen-bond acceptors (Lipinski definition) is 5. The van der Waals surface area contributed by atoms with Gasteiger partial charge in [0.25, 0.3) is 0 Å². The van der Waals surface area contributed by atoms with Gasteiger partial charge < -0.3 is 13.4 Å². The van der Waals surface area contributed by atoms with Gasteiger partial charge in [0.05, 0.1) is 16.7 Å². The maximum absolute atomic E-state index is 6.87. The molecule has 0 aliphatic rings. The second-order valence-electron chi connectivity index (χ2n) is 17.5. The fraction of sp³-hybridized carbons (Fsp3) is 0. The summed E-state index contributed by atoms with van der Waals surface area (Å²) in [5.74, 6) is 1.72. The maximum atomic E-state index is 6.87. The molecule has 322 valence electrons. The Morgan fingerprint density at radius 2 is 0.783 bits per heavy atom. The molecule has 14 rings (SSSR count). The zero-order valence-corrected chi connectivity index (χ0v) is 37.0. The molecule has 69 heavy (non-hydrogen) atoms. The van der Waals surface area contributed by atoms with Crippen molar-refractivity contribution in [1.29, 1.82) is 0 Å². The van der Waals surface area contributed by atoms with Crippen LogP contribution < -0.4 is 0 Å². The molecule has 0 spiro atoms. The summed E-state index contributed by atoms with van der Waals surface area (Å²) >= 11 is 0. The third-order valence-corrected chi connectivity index (χ3v) is 13.4. The van der Waals surface area contributed by atoms with Gasteiger partial charge in [0.1, 0.15) is 16.7 Å². The van der Waals surface area contributed by atoms with Crippen molar-refractivity contribution in [2.45, 2.75) is 0 Å². The fourth-order valence-electron chi connectivity index (χ4n) is 10.2. The van der Waals surface area contributed by atoms with Gasteiger partial charge in [-0.25, -0.2) is 15.0 Å². The van der Waals surface area contributed by atoms with Crippen molar-refractivity contribution < 1.29 is 8.83 Å². The molecule has 6 nitrogen and oxygen atoms in total. The van der Waals surface area contributed by atoms with E-state index in [2.05, 4.69) is 174 Å². The van der Waals surface area contributed by atoms with E-state index in [1.165, 1.54) is 21.9 Å². The number of furan rings is 2. The number of hydrogen-bond donors (Lipinski definition) is 0. The van der Waals surface area contributed by atoms with Gasteiger partial charge >= 0.3 is 0 Å². The Hall–Kier alpha value is -9.39. The molecule has 4 heterocycles. The van der Waals surface area contributed by atoms with Crippen LogP contribution in [-0.2, 0) is 0 Å². The first-order valence-electron chi connectivity index (χ1n) is 23.2. The van der Waals surface area contributed by atoms with Gasteiger partial charge in [-0.3, -0.25) is 0 Å². The van der Waals surface area contributed by atoms with Crippen molar-refractivity contribution in [1.82, 2.24) is 19.5 Å². The van der Waals surface area contributed by atoms with E-state index < -0.39 is 0 Å². The van der Waals surface area contributed by atoms with Crippen molar-refractivity contribution >= 4 is 65.7 Å². The summed E-state index contributed by atoms with van der Waals surface area (Å²) in [4.78, 5) is 15.7. The first-order chi connectivity index (χ1) is 34.2. The number of para-hydroxylation sites is 3. The minimum absolute atomic E-state index is 0.552. The van der Waals surface area contributed by atoms with Crippen LogP contribution in [0.25, 0.3) is 139 Å². The zero-order chi connectivity index (χ0) is 45.4. The van der Waals surface area contributed by atoms with E-state index >= 15 is 0 Å². The lowest BCUT2D eigenvalue weighted by Gasteiger charge is -2.14. The normalized spacial score (nSPS) is 11.8. The second kappa shape index (κ2) is 15.6. The van der Waals surface area contributed by atoms with Gasteiger partial charge in [-0.05, 0) is 88.0 Å². The van der Waals surface area contributed by atoms with Gasteiger partial charge in [-0.1, -0.05) is 176 Å². The van der Waals surface area contributed by atoms with Crippen LogP contribution in [-0.4, -0.2) is 19.5 Å². The Bertz CT molecular complexity index is 4290. The van der Waals surface area contributed by atoms with Crippen molar-refractivity contribution in [3.8, 4) is 73.2 Å². The van der Waals surface area contributed by atoms with Crippen LogP contribution in [0, 0.1) is 0 Å². The summed E-state index contributed by atoms with van der Waals surface area (Å²) in [6.07, 6.45) is 0. The van der Waals surface area contributed by atoms with Crippen molar-refractivity contribution in [3.63, 3.8) is 0 Å². The minimum Gasteiger partial charge on any atom is -0.456 e. The summed E-state index contributed by atoms with van der Waals surface area (Å²) in [6, 6.07) is 80.4. The molecule has 0 N–H and O–H groups in total. The smallest absolute Gasteiger partial charge is 0.164 e. The molecule has 0 amide bonds. The third kappa shape index (κ3) is 6.45. The molecular weight excluding hydrogens is 845 g/mol. The lowest BCUT2D eigenvalue weighted by atomic mass is 9.96. The highest BCUT2D eigenvalue weighted by Crippen LogP contribution is 2.44. The van der Waals surface area contributed by atoms with Gasteiger partial charge in [0.2, 0.25) is 0 Å². The SMILES string of the molecule is c1ccc(-c2ccc(-c3nc(-c4ccccc4)nc(-c4cc(-c5cc(-n6c7ccccc7c7cc(-c8ccccc8)ccc76)c6oc7ccccc7c6c5)cc5oc6ccccc6c45)n3)cc2)cc1. The summed E-state index contributed by atoms with van der Waals surface area (Å²) in [5.41, 5.74) is 15.5. The van der Waals surface area contributed by atoms with E-state index in [1.807, 2.05) is 60.7 Å². The molecule has 10 aromatic carbocycles. The average Bonchev–Trinajstić information content (AvgIpc) is 4.10. The molecule has 0 fully saturated rings. The highest BCUT2D eigenvalue weighted by Gasteiger charge is 2.23. The summed E-state index contributed by atoms with van der Waals surface area (Å²) in [6.45, 7) is 0. The topological polar surface area (TPSA) is 69.9 Å². The van der Waals surface area contributed by atoms with Gasteiger partial charge in [-0.2, -0.15) is 0 Å². The Morgan fingerprint density at radius 3 is 1.51 bits per heavy atom. The molecule has 0 bridgehead atoms. The van der Waals surface area contributed by atoms with Crippen LogP contribution in [0.15, 0.2) is 239 Å². The second-order valence-corrected chi connectivity index (χ2v) is 17.5. The standard InChI is InChI=1S/C63H38N4O2/c1-4-16-39(17-5-1)41-28-30-43(31-29-41)62-64-61(42-20-8-3-9-21-42)65-63(66-62)52-36-46(38-58-59(52)49-24-12-15-27-57(49)68-58)45-35-51-48-23-11-14-26-56(48)69-60(51)55(37-45)67-53-25-13-10-22-47(53)50-34-44(32-33-54(50)67)40-18-6-2-7-19-40/h1-38H. The lowest BCUT2D eigenvalue weighted by Crippen LogP contribution is -2.01. The average molecular weight is 883 g/mol. The highest BCUT2D eigenvalue weighted by molar-refractivity contribution is 6.16. The van der Waals surface area contributed by atoms with Crippen molar-refractivity contribution in [3.05, 3.63) is 231 Å². The Kier molecular flexibility index (Phi) is 8.79. The van der Waals surface area contributed by atoms with Crippen LogP contribution in [0.1, 0.15) is 0 Å². The third-order valence-electron chi connectivity index (χ3n) is 13.4. The van der Waals surface area contributed by atoms with E-state index in [9.17, 15) is 0 Å². The predicted molar refractivity (Wildman–Crippen MR) is 281 cm³/mol. The summed E-state index contributed by atoms with van der Waals surface area (Å²) in [7, 11) is 0. The van der Waals surface area contributed by atoms with E-state index in [1.54, 1.807) is 0 Å². The fourth-order valence-corrected chi connectivity index (χ4v) is 10.2. The van der Waals surface area contributed by atoms with Crippen LogP contribution >= 0.6 is 0 Å². The minimum atomic E-state index is 0.552. The first-order valence-corrected chi connectivity index (χ1v) is 23.2. The highest BCUT2D eigenvalue weighted by atomic mass is 16.3. The van der Waals surface area contributed by atoms with E-state index in [4.69, 9.17) is 23.8 Å². The molecule has 0 unspecified atom stereocenters. The van der Waals surface area contributed by atoms with Crippen molar-refractivity contribution in [2.75, 3.05) is 0 Å². The number of aromatic nitrogens is 4. The molecule has 0 aliphatic heterocycles. The van der Waals surface area contributed by atoms with Gasteiger partial charge in [-0.15, -0.1) is 0 Å². The van der Waals surface area contributed by atoms with E-state index in [0.29, 0.717) is 17.5 Å². The van der Waals surface area contributed by atoms with Crippen LogP contribution in [0.3, 0.4) is 0 Å². The Labute approximate surface area is 396 Å². The molecule has 0 radical (unpaired) electrons. The monoisotopic (exact) mass is 882 g/mol. The number of fused-ring (bicyclic) bond motifs is 9. The van der Waals surface area contributed by atoms with Gasteiger partial charge in [0.15, 0.2) is 23.1 Å². The molecule has 4 aromatic heterocycles. The first kappa shape index (κ1) is 38.8. The summed E-state index contributed by atoms with van der Waals surface area (Å²) < 4.78 is 16.0. The lowest BCUT2D eigenvalue weighted by molar-refractivity contribution is 0.666. The molecule has 0 saturated heterocycles. The van der Waals surface area contributed by atoms with Crippen molar-refractivity contribution in [2.24, 2.45) is 0 Å². The molecular formula is C63H38N4O2. The number of rotatable bonds is 7. The quantitative estimate of drug-likeness (QED) is 0.159. The Balaban J connectivity index is 1.02. The number of nitrogens with zero attached hydrogens (tertiary/aromatic N) is 4. The zero-order valence-electron chi connectivity index (χ0n) is 37.0. The number of benzene rings is 10. The molecule has 0 atom stereocenters. The van der Waals surface area contributed by atoms with Crippen LogP contribution in [0.4, 0.5) is 0 Å². The predicted octanol–water partition coefficient (Wildman–Crippen LogP) is 16.8. The molecule has 14 aromatic rings. The molecule has 0 aliphatic carbocycles. The molecule has 0 saturated carbocycles. The van der Waals surface area contributed by atoms with E-state index in [-0.39, 0.29) is 0 Å². The van der Waals surface area contributed by atoms with Crippen LogP contribution in [0.2, 0.25) is 0 Å². The summed E-state index contributed by atoms with van der Waals surface area (Å²) in [5, 5.41) is 6.32. The van der Waals surface area contributed by atoms with Crippen LogP contribution in [0.5, 0.6) is 0 Å². The Morgan fingerprint density at radius 1 is 0.290 bits per heavy atom. The van der Waals surface area contributed by atoms with Gasteiger partial charge in [0, 0.05) is 49.0 Å². The van der Waals surface area contributed by atoms with E-state index in [0.717, 1.165) is 99.5 Å².